The highest BCUT2D eigenvalue weighted by Gasteiger charge is 2.42. The van der Waals surface area contributed by atoms with Gasteiger partial charge in [-0.15, -0.1) is 0 Å². The first-order valence-corrected chi connectivity index (χ1v) is 10.0. The second kappa shape index (κ2) is 7.76. The molecular formula is C22H17Cl2F3N2O. The number of nitrogens with zero attached hydrogens (tertiary/aromatic N) is 2. The van der Waals surface area contributed by atoms with E-state index in [9.17, 15) is 18.0 Å². The Morgan fingerprint density at radius 3 is 2.30 bits per heavy atom. The van der Waals surface area contributed by atoms with Crippen molar-refractivity contribution in [2.24, 2.45) is 0 Å². The number of halogens is 5. The normalized spacial score (nSPS) is 15.5. The number of hydrogen-bond donors (Lipinski definition) is 0. The van der Waals surface area contributed by atoms with E-state index in [0.717, 1.165) is 0 Å². The van der Waals surface area contributed by atoms with E-state index in [1.165, 1.54) is 24.3 Å². The quantitative estimate of drug-likeness (QED) is 0.450. The van der Waals surface area contributed by atoms with Crippen LogP contribution in [0, 0.1) is 0 Å². The molecule has 0 saturated heterocycles. The molecule has 0 fully saturated rings. The maximum atomic E-state index is 14.4. The highest BCUT2D eigenvalue weighted by molar-refractivity contribution is 6.40. The predicted molar refractivity (Wildman–Crippen MR) is 113 cm³/mol. The van der Waals surface area contributed by atoms with Crippen molar-refractivity contribution < 1.29 is 18.0 Å². The molecular weight excluding hydrogens is 436 g/mol. The molecule has 0 saturated carbocycles. The molecule has 1 aliphatic rings. The summed E-state index contributed by atoms with van der Waals surface area (Å²) in [7, 11) is 1.91. The summed E-state index contributed by atoms with van der Waals surface area (Å²) in [5.74, 6) is -0.908. The van der Waals surface area contributed by atoms with Gasteiger partial charge in [0, 0.05) is 24.0 Å². The SMILES string of the molecule is CN1CC=C(c2c(C(F)(F)F)n(C(=O)c3c(Cl)cccc3Cl)c3ccccc23)CC1. The van der Waals surface area contributed by atoms with Crippen LogP contribution in [0.5, 0.6) is 0 Å². The molecule has 2 heterocycles. The van der Waals surface area contributed by atoms with Gasteiger partial charge >= 0.3 is 6.18 Å². The van der Waals surface area contributed by atoms with Crippen molar-refractivity contribution in [2.75, 3.05) is 20.1 Å². The lowest BCUT2D eigenvalue weighted by atomic mass is 9.96. The monoisotopic (exact) mass is 452 g/mol. The number of benzene rings is 2. The van der Waals surface area contributed by atoms with Crippen molar-refractivity contribution in [2.45, 2.75) is 12.6 Å². The zero-order valence-electron chi connectivity index (χ0n) is 15.9. The molecule has 0 spiro atoms. The Kier molecular flexibility index (Phi) is 5.43. The molecule has 0 atom stereocenters. The third-order valence-electron chi connectivity index (χ3n) is 5.26. The summed E-state index contributed by atoms with van der Waals surface area (Å²) in [5.41, 5.74) is -0.367. The number of aromatic nitrogens is 1. The number of alkyl halides is 3. The van der Waals surface area contributed by atoms with E-state index in [-0.39, 0.29) is 26.7 Å². The van der Waals surface area contributed by atoms with Gasteiger partial charge in [-0.25, -0.2) is 0 Å². The summed E-state index contributed by atoms with van der Waals surface area (Å²) in [4.78, 5) is 15.4. The van der Waals surface area contributed by atoms with Gasteiger partial charge in [-0.2, -0.15) is 13.2 Å². The third-order valence-corrected chi connectivity index (χ3v) is 5.89. The number of likely N-dealkylation sites (N-methyl/N-ethyl adjacent to an activating group) is 1. The van der Waals surface area contributed by atoms with Crippen molar-refractivity contribution >= 4 is 45.6 Å². The minimum absolute atomic E-state index is 0.00142. The van der Waals surface area contributed by atoms with E-state index in [0.29, 0.717) is 35.0 Å². The molecule has 4 rings (SSSR count). The lowest BCUT2D eigenvalue weighted by Crippen LogP contribution is -2.25. The molecule has 156 valence electrons. The van der Waals surface area contributed by atoms with E-state index in [2.05, 4.69) is 0 Å². The lowest BCUT2D eigenvalue weighted by molar-refractivity contribution is -0.142. The minimum Gasteiger partial charge on any atom is -0.302 e. The maximum Gasteiger partial charge on any atom is 0.432 e. The molecule has 8 heteroatoms. The number of carbonyl (C=O) groups excluding carboxylic acids is 1. The second-order valence-corrected chi connectivity index (χ2v) is 8.03. The minimum atomic E-state index is -4.76. The zero-order valence-corrected chi connectivity index (χ0v) is 17.4. The van der Waals surface area contributed by atoms with Crippen LogP contribution in [0.2, 0.25) is 10.0 Å². The van der Waals surface area contributed by atoms with Gasteiger partial charge in [0.25, 0.3) is 5.91 Å². The summed E-state index contributed by atoms with van der Waals surface area (Å²) in [6.45, 7) is 1.17. The van der Waals surface area contributed by atoms with Crippen LogP contribution in [0.3, 0.4) is 0 Å². The van der Waals surface area contributed by atoms with E-state index in [4.69, 9.17) is 23.2 Å². The van der Waals surface area contributed by atoms with Crippen molar-refractivity contribution in [3.63, 3.8) is 0 Å². The first kappa shape index (κ1) is 21.0. The Hall–Kier alpha value is -2.28. The van der Waals surface area contributed by atoms with E-state index in [1.807, 2.05) is 11.9 Å². The van der Waals surface area contributed by atoms with E-state index < -0.39 is 17.8 Å². The van der Waals surface area contributed by atoms with Gasteiger partial charge in [0.2, 0.25) is 0 Å². The van der Waals surface area contributed by atoms with Gasteiger partial charge in [0.05, 0.1) is 21.1 Å². The van der Waals surface area contributed by atoms with Crippen LogP contribution >= 0.6 is 23.2 Å². The van der Waals surface area contributed by atoms with Crippen LogP contribution in [0.1, 0.15) is 28.0 Å². The Labute approximate surface area is 181 Å². The number of fused-ring (bicyclic) bond motifs is 1. The molecule has 3 aromatic rings. The summed E-state index contributed by atoms with van der Waals surface area (Å²) >= 11 is 12.3. The third kappa shape index (κ3) is 3.53. The average Bonchev–Trinajstić information content (AvgIpc) is 3.04. The van der Waals surface area contributed by atoms with Crippen molar-refractivity contribution in [3.05, 3.63) is 75.4 Å². The van der Waals surface area contributed by atoms with Crippen LogP contribution < -0.4 is 0 Å². The molecule has 0 unspecified atom stereocenters. The standard InChI is InChI=1S/C22H17Cl2F3N2O/c1-28-11-9-13(10-12-28)18-14-5-2-3-8-17(14)29(20(18)22(25,26)27)21(30)19-15(23)6-4-7-16(19)24/h2-9H,10-12H2,1H3. The fourth-order valence-electron chi connectivity index (χ4n) is 3.86. The lowest BCUT2D eigenvalue weighted by Gasteiger charge is -2.23. The van der Waals surface area contributed by atoms with Crippen LogP contribution in [0.25, 0.3) is 16.5 Å². The topological polar surface area (TPSA) is 25.2 Å². The van der Waals surface area contributed by atoms with Gasteiger partial charge in [0.15, 0.2) is 0 Å². The molecule has 2 aromatic carbocycles. The fourth-order valence-corrected chi connectivity index (χ4v) is 4.42. The Balaban J connectivity index is 2.07. The number of carbonyl (C=O) groups is 1. The molecule has 3 nitrogen and oxygen atoms in total. The predicted octanol–water partition coefficient (Wildman–Crippen LogP) is 6.37. The van der Waals surface area contributed by atoms with E-state index in [1.54, 1.807) is 24.3 Å². The molecule has 0 amide bonds. The highest BCUT2D eigenvalue weighted by Crippen LogP contribution is 2.43. The fraction of sp³-hybridized carbons (Fsp3) is 0.227. The maximum absolute atomic E-state index is 14.4. The number of rotatable bonds is 2. The van der Waals surface area contributed by atoms with Crippen molar-refractivity contribution in [1.82, 2.24) is 9.47 Å². The second-order valence-electron chi connectivity index (χ2n) is 7.22. The van der Waals surface area contributed by atoms with Crippen molar-refractivity contribution in [3.8, 4) is 0 Å². The molecule has 1 aromatic heterocycles. The van der Waals surface area contributed by atoms with Crippen LogP contribution in [0.15, 0.2) is 48.5 Å². The highest BCUT2D eigenvalue weighted by atomic mass is 35.5. The summed E-state index contributed by atoms with van der Waals surface area (Å²) < 4.78 is 43.8. The summed E-state index contributed by atoms with van der Waals surface area (Å²) in [6.07, 6.45) is -2.52. The van der Waals surface area contributed by atoms with Gasteiger partial charge in [0.1, 0.15) is 5.69 Å². The molecule has 1 aliphatic heterocycles. The van der Waals surface area contributed by atoms with Crippen LogP contribution in [-0.4, -0.2) is 35.5 Å². The summed E-state index contributed by atoms with van der Waals surface area (Å²) in [6, 6.07) is 10.8. The largest absolute Gasteiger partial charge is 0.432 e. The van der Waals surface area contributed by atoms with Gasteiger partial charge < -0.3 is 4.90 Å². The average molecular weight is 453 g/mol. The summed E-state index contributed by atoms with van der Waals surface area (Å²) in [5, 5.41) is 0.370. The molecule has 0 bridgehead atoms. The van der Waals surface area contributed by atoms with Gasteiger partial charge in [-0.1, -0.05) is 53.5 Å². The van der Waals surface area contributed by atoms with Crippen LogP contribution in [0.4, 0.5) is 13.2 Å². The van der Waals surface area contributed by atoms with Crippen molar-refractivity contribution in [1.29, 1.82) is 0 Å². The first-order chi connectivity index (χ1) is 14.2. The molecule has 0 radical (unpaired) electrons. The Morgan fingerprint density at radius 2 is 1.70 bits per heavy atom. The van der Waals surface area contributed by atoms with E-state index >= 15 is 0 Å². The zero-order chi connectivity index (χ0) is 21.6. The number of hydrogen-bond acceptors (Lipinski definition) is 2. The number of para-hydroxylation sites is 1. The van der Waals surface area contributed by atoms with Crippen LogP contribution in [-0.2, 0) is 6.18 Å². The Morgan fingerprint density at radius 1 is 1.03 bits per heavy atom. The Bertz CT molecular complexity index is 1160. The smallest absolute Gasteiger partial charge is 0.302 e. The molecule has 0 aliphatic carbocycles. The molecule has 0 N–H and O–H groups in total. The first-order valence-electron chi connectivity index (χ1n) is 9.27. The molecule has 30 heavy (non-hydrogen) atoms. The van der Waals surface area contributed by atoms with Gasteiger partial charge in [-0.05, 0) is 37.2 Å². The van der Waals surface area contributed by atoms with Gasteiger partial charge in [-0.3, -0.25) is 9.36 Å².